The number of aliphatic imine (C=N–C) groups is 1. The lowest BCUT2D eigenvalue weighted by atomic mass is 9.97. The molecule has 0 radical (unpaired) electrons. The smallest absolute Gasteiger partial charge is 0.253 e. The van der Waals surface area contributed by atoms with Crippen LogP contribution in [0.4, 0.5) is 11.6 Å². The second kappa shape index (κ2) is 10.3. The molecule has 1 atom stereocenters. The molecule has 1 fully saturated rings. The van der Waals surface area contributed by atoms with Crippen molar-refractivity contribution in [3.63, 3.8) is 0 Å². The lowest BCUT2D eigenvalue weighted by Crippen LogP contribution is -2.28. The Labute approximate surface area is 226 Å². The van der Waals surface area contributed by atoms with Gasteiger partial charge in [0.15, 0.2) is 0 Å². The zero-order valence-electron chi connectivity index (χ0n) is 21.1. The van der Waals surface area contributed by atoms with Crippen LogP contribution in [0, 0.1) is 5.92 Å². The molecule has 1 unspecified atom stereocenters. The summed E-state index contributed by atoms with van der Waals surface area (Å²) >= 11 is 6.39. The van der Waals surface area contributed by atoms with Crippen LogP contribution < -0.4 is 5.32 Å². The van der Waals surface area contributed by atoms with Gasteiger partial charge in [0.25, 0.3) is 5.91 Å². The van der Waals surface area contributed by atoms with E-state index in [0.717, 1.165) is 65.4 Å². The Balaban J connectivity index is 1.26. The van der Waals surface area contributed by atoms with Crippen LogP contribution in [0.25, 0.3) is 11.3 Å². The van der Waals surface area contributed by atoms with E-state index in [4.69, 9.17) is 21.6 Å². The normalized spacial score (nSPS) is 16.3. The van der Waals surface area contributed by atoms with Crippen LogP contribution in [0.15, 0.2) is 78.0 Å². The summed E-state index contributed by atoms with van der Waals surface area (Å²) in [5.74, 6) is 1.17. The maximum atomic E-state index is 12.9. The quantitative estimate of drug-likeness (QED) is 0.339. The Morgan fingerprint density at radius 1 is 1.08 bits per heavy atom. The van der Waals surface area contributed by atoms with E-state index in [-0.39, 0.29) is 5.91 Å². The Morgan fingerprint density at radius 2 is 1.95 bits per heavy atom. The van der Waals surface area contributed by atoms with Crippen LogP contribution in [0.5, 0.6) is 0 Å². The molecule has 8 heteroatoms. The lowest BCUT2D eigenvalue weighted by molar-refractivity contribution is 0.0787. The summed E-state index contributed by atoms with van der Waals surface area (Å²) in [7, 11) is 0. The van der Waals surface area contributed by atoms with Gasteiger partial charge in [0.05, 0.1) is 23.6 Å². The van der Waals surface area contributed by atoms with Crippen LogP contribution in [0.2, 0.25) is 5.02 Å². The number of likely N-dealkylation sites (tertiary alicyclic amines) is 1. The van der Waals surface area contributed by atoms with Gasteiger partial charge in [-0.05, 0) is 60.9 Å². The molecule has 2 aromatic carbocycles. The number of hydrogen-bond acceptors (Lipinski definition) is 6. The molecule has 4 aromatic rings. The number of amides is 1. The molecule has 2 aliphatic rings. The minimum absolute atomic E-state index is 0.0905. The van der Waals surface area contributed by atoms with Crippen molar-refractivity contribution in [3.05, 3.63) is 100 Å². The molecule has 7 nitrogen and oxygen atoms in total. The van der Waals surface area contributed by atoms with E-state index in [0.29, 0.717) is 29.0 Å². The maximum absolute atomic E-state index is 12.9. The first-order chi connectivity index (χ1) is 18.6. The molecular formula is C30H27ClN6O. The number of rotatable bonds is 5. The van der Waals surface area contributed by atoms with Crippen LogP contribution in [-0.2, 0) is 6.54 Å². The molecule has 0 spiro atoms. The predicted molar refractivity (Wildman–Crippen MR) is 150 cm³/mol. The first kappa shape index (κ1) is 24.2. The summed E-state index contributed by atoms with van der Waals surface area (Å²) in [4.78, 5) is 33.6. The van der Waals surface area contributed by atoms with Gasteiger partial charge in [-0.15, -0.1) is 0 Å². The molecule has 1 saturated heterocycles. The van der Waals surface area contributed by atoms with Gasteiger partial charge in [-0.1, -0.05) is 37.1 Å². The average Bonchev–Trinajstić information content (AvgIpc) is 3.38. The fourth-order valence-corrected chi connectivity index (χ4v) is 5.24. The monoisotopic (exact) mass is 522 g/mol. The van der Waals surface area contributed by atoms with E-state index < -0.39 is 0 Å². The van der Waals surface area contributed by atoms with Gasteiger partial charge in [0.2, 0.25) is 5.95 Å². The number of hydrogen-bond donors (Lipinski definition) is 1. The van der Waals surface area contributed by atoms with Crippen LogP contribution in [-0.4, -0.2) is 44.6 Å². The molecule has 0 saturated carbocycles. The minimum atomic E-state index is 0.0905. The van der Waals surface area contributed by atoms with E-state index in [9.17, 15) is 4.79 Å². The van der Waals surface area contributed by atoms with Crippen LogP contribution in [0.1, 0.15) is 46.9 Å². The first-order valence-corrected chi connectivity index (χ1v) is 13.2. The van der Waals surface area contributed by atoms with E-state index in [2.05, 4.69) is 22.2 Å². The van der Waals surface area contributed by atoms with Crippen LogP contribution >= 0.6 is 11.6 Å². The molecule has 38 heavy (non-hydrogen) atoms. The number of aromatic nitrogens is 3. The second-order valence-corrected chi connectivity index (χ2v) is 10.1. The molecule has 1 amide bonds. The maximum Gasteiger partial charge on any atom is 0.253 e. The summed E-state index contributed by atoms with van der Waals surface area (Å²) in [5, 5.41) is 3.91. The highest BCUT2D eigenvalue weighted by molar-refractivity contribution is 6.31. The van der Waals surface area contributed by atoms with Crippen molar-refractivity contribution in [1.29, 1.82) is 0 Å². The lowest BCUT2D eigenvalue weighted by Gasteiger charge is -2.16. The molecule has 2 aromatic heterocycles. The standard InChI is InChI=1S/C30H27ClN6O/c1-2-19-12-14-37(18-19)29(38)20-6-9-23(10-7-20)35-30-34-17-21-16-33-28(26-5-3-4-13-32-26)25-15-22(31)8-11-24(25)27(21)36-30/h3-11,13,15,17,19H,2,12,14,16,18H2,1H3,(H,34,35,36). The zero-order chi connectivity index (χ0) is 26.1. The van der Waals surface area contributed by atoms with Gasteiger partial charge in [0, 0.05) is 58.4 Å². The van der Waals surface area contributed by atoms with Gasteiger partial charge in [-0.3, -0.25) is 14.8 Å². The van der Waals surface area contributed by atoms with Crippen molar-refractivity contribution in [3.8, 4) is 11.3 Å². The summed E-state index contributed by atoms with van der Waals surface area (Å²) in [6.45, 7) is 4.29. The third-order valence-electron chi connectivity index (χ3n) is 7.21. The number of nitrogens with one attached hydrogen (secondary N) is 1. The number of benzene rings is 2. The van der Waals surface area contributed by atoms with Gasteiger partial charge in [-0.2, -0.15) is 0 Å². The topological polar surface area (TPSA) is 83.4 Å². The SMILES string of the molecule is CCC1CCN(C(=O)c2ccc(Nc3ncc4c(n3)-c3ccc(Cl)cc3C(c3ccccn3)=NC4)cc2)C1. The third-order valence-corrected chi connectivity index (χ3v) is 7.44. The molecular weight excluding hydrogens is 496 g/mol. The van der Waals surface area contributed by atoms with E-state index >= 15 is 0 Å². The summed E-state index contributed by atoms with van der Waals surface area (Å²) in [6, 6.07) is 19.0. The van der Waals surface area contributed by atoms with Gasteiger partial charge < -0.3 is 10.2 Å². The minimum Gasteiger partial charge on any atom is -0.338 e. The fourth-order valence-electron chi connectivity index (χ4n) is 5.06. The highest BCUT2D eigenvalue weighted by Gasteiger charge is 2.26. The highest BCUT2D eigenvalue weighted by Crippen LogP contribution is 2.33. The van der Waals surface area contributed by atoms with Crippen molar-refractivity contribution < 1.29 is 4.79 Å². The molecule has 190 valence electrons. The van der Waals surface area contributed by atoms with Crippen LogP contribution in [0.3, 0.4) is 0 Å². The highest BCUT2D eigenvalue weighted by atomic mass is 35.5. The number of nitrogens with zero attached hydrogens (tertiary/aromatic N) is 5. The largest absolute Gasteiger partial charge is 0.338 e. The number of carbonyl (C=O) groups is 1. The Hall–Kier alpha value is -4.10. The fraction of sp³-hybridized carbons (Fsp3) is 0.233. The van der Waals surface area contributed by atoms with E-state index in [1.165, 1.54) is 0 Å². The number of anilines is 2. The Morgan fingerprint density at radius 3 is 2.71 bits per heavy atom. The molecule has 6 rings (SSSR count). The van der Waals surface area contributed by atoms with Gasteiger partial charge in [-0.25, -0.2) is 9.97 Å². The summed E-state index contributed by atoms with van der Waals surface area (Å²) in [5.41, 5.74) is 6.59. The summed E-state index contributed by atoms with van der Waals surface area (Å²) < 4.78 is 0. The average molecular weight is 523 g/mol. The number of pyridine rings is 1. The third kappa shape index (κ3) is 4.77. The molecule has 0 aliphatic carbocycles. The van der Waals surface area contributed by atoms with Crippen molar-refractivity contribution in [2.45, 2.75) is 26.3 Å². The molecule has 4 heterocycles. The molecule has 1 N–H and O–H groups in total. The number of fused-ring (bicyclic) bond motifs is 3. The Bertz CT molecular complexity index is 1520. The van der Waals surface area contributed by atoms with Gasteiger partial charge in [0.1, 0.15) is 0 Å². The summed E-state index contributed by atoms with van der Waals surface area (Å²) in [6.07, 6.45) is 5.76. The zero-order valence-corrected chi connectivity index (χ0v) is 21.8. The second-order valence-electron chi connectivity index (χ2n) is 9.65. The molecule has 2 aliphatic heterocycles. The van der Waals surface area contributed by atoms with Gasteiger partial charge >= 0.3 is 0 Å². The van der Waals surface area contributed by atoms with E-state index in [1.54, 1.807) is 6.20 Å². The first-order valence-electron chi connectivity index (χ1n) is 12.9. The van der Waals surface area contributed by atoms with Crippen molar-refractivity contribution in [1.82, 2.24) is 19.9 Å². The Kier molecular flexibility index (Phi) is 6.60. The number of carbonyl (C=O) groups excluding carboxylic acids is 1. The van der Waals surface area contributed by atoms with E-state index in [1.807, 2.05) is 71.8 Å². The van der Waals surface area contributed by atoms with Crippen molar-refractivity contribution >= 4 is 34.9 Å². The number of halogens is 1. The van der Waals surface area contributed by atoms with Crippen molar-refractivity contribution in [2.75, 3.05) is 18.4 Å². The van der Waals surface area contributed by atoms with Crippen molar-refractivity contribution in [2.24, 2.45) is 10.9 Å². The molecule has 0 bridgehead atoms. The predicted octanol–water partition coefficient (Wildman–Crippen LogP) is 6.16.